The SMILES string of the molecule is CC(C)[C@@]1(C)CC(=O)N(C[C@@H](O)CN2C[C@@H](C)O[C@@H](C)C2)C1=O. The lowest BCUT2D eigenvalue weighted by Crippen LogP contribution is -2.50. The third kappa shape index (κ3) is 3.92. The Morgan fingerprint density at radius 2 is 1.78 bits per heavy atom. The maximum atomic E-state index is 12.6. The van der Waals surface area contributed by atoms with Crippen molar-refractivity contribution in [1.29, 1.82) is 0 Å². The minimum atomic E-state index is -0.727. The number of amides is 2. The molecule has 0 bridgehead atoms. The van der Waals surface area contributed by atoms with E-state index < -0.39 is 11.5 Å². The molecule has 6 heteroatoms. The Bertz CT molecular complexity index is 458. The van der Waals surface area contributed by atoms with Gasteiger partial charge in [0.2, 0.25) is 11.8 Å². The molecule has 0 aromatic carbocycles. The van der Waals surface area contributed by atoms with Crippen LogP contribution < -0.4 is 0 Å². The predicted octanol–water partition coefficient (Wildman–Crippen LogP) is 0.878. The van der Waals surface area contributed by atoms with E-state index in [0.717, 1.165) is 13.1 Å². The molecule has 2 amide bonds. The van der Waals surface area contributed by atoms with Crippen LogP contribution in [0.5, 0.6) is 0 Å². The second-order valence-corrected chi connectivity index (χ2v) is 7.69. The topological polar surface area (TPSA) is 70.1 Å². The van der Waals surface area contributed by atoms with Crippen LogP contribution >= 0.6 is 0 Å². The monoisotopic (exact) mass is 326 g/mol. The van der Waals surface area contributed by atoms with Crippen LogP contribution in [0.15, 0.2) is 0 Å². The Kier molecular flexibility index (Phi) is 5.48. The van der Waals surface area contributed by atoms with Gasteiger partial charge in [0, 0.05) is 26.1 Å². The molecule has 4 atom stereocenters. The molecule has 0 unspecified atom stereocenters. The molecule has 6 nitrogen and oxygen atoms in total. The minimum Gasteiger partial charge on any atom is -0.390 e. The fourth-order valence-electron chi connectivity index (χ4n) is 3.54. The van der Waals surface area contributed by atoms with Gasteiger partial charge in [-0.25, -0.2) is 0 Å². The normalized spacial score (nSPS) is 34.5. The van der Waals surface area contributed by atoms with Crippen molar-refractivity contribution in [3.8, 4) is 0 Å². The molecule has 2 heterocycles. The van der Waals surface area contributed by atoms with Gasteiger partial charge in [0.05, 0.1) is 30.3 Å². The van der Waals surface area contributed by atoms with E-state index in [-0.39, 0.29) is 42.9 Å². The van der Waals surface area contributed by atoms with E-state index in [2.05, 4.69) is 4.90 Å². The van der Waals surface area contributed by atoms with E-state index in [0.29, 0.717) is 6.54 Å². The van der Waals surface area contributed by atoms with E-state index in [9.17, 15) is 14.7 Å². The fourth-order valence-corrected chi connectivity index (χ4v) is 3.54. The first kappa shape index (κ1) is 18.4. The summed E-state index contributed by atoms with van der Waals surface area (Å²) in [6, 6.07) is 0. The zero-order valence-electron chi connectivity index (χ0n) is 14.9. The molecule has 2 saturated heterocycles. The number of hydrogen-bond acceptors (Lipinski definition) is 5. The first-order valence-electron chi connectivity index (χ1n) is 8.54. The van der Waals surface area contributed by atoms with E-state index >= 15 is 0 Å². The first-order valence-corrected chi connectivity index (χ1v) is 8.54. The van der Waals surface area contributed by atoms with Crippen LogP contribution in [0, 0.1) is 11.3 Å². The van der Waals surface area contributed by atoms with Crippen LogP contribution in [0.1, 0.15) is 41.0 Å². The average molecular weight is 326 g/mol. The number of carbonyl (C=O) groups is 2. The fraction of sp³-hybridized carbons (Fsp3) is 0.882. The Morgan fingerprint density at radius 1 is 1.22 bits per heavy atom. The highest BCUT2D eigenvalue weighted by Gasteiger charge is 2.50. The minimum absolute atomic E-state index is 0.0834. The number of carbonyl (C=O) groups excluding carboxylic acids is 2. The number of rotatable bonds is 5. The Balaban J connectivity index is 1.94. The lowest BCUT2D eigenvalue weighted by atomic mass is 9.78. The van der Waals surface area contributed by atoms with Gasteiger partial charge in [-0.1, -0.05) is 13.8 Å². The van der Waals surface area contributed by atoms with Crippen molar-refractivity contribution < 1.29 is 19.4 Å². The molecular weight excluding hydrogens is 296 g/mol. The highest BCUT2D eigenvalue weighted by atomic mass is 16.5. The third-order valence-corrected chi connectivity index (χ3v) is 5.19. The van der Waals surface area contributed by atoms with Crippen molar-refractivity contribution in [3.05, 3.63) is 0 Å². The van der Waals surface area contributed by atoms with E-state index in [1.165, 1.54) is 4.90 Å². The van der Waals surface area contributed by atoms with E-state index in [4.69, 9.17) is 4.74 Å². The molecule has 0 aromatic rings. The molecule has 0 saturated carbocycles. The lowest BCUT2D eigenvalue weighted by molar-refractivity contribution is -0.144. The van der Waals surface area contributed by atoms with Crippen LogP contribution in [0.4, 0.5) is 0 Å². The van der Waals surface area contributed by atoms with Crippen LogP contribution in [0.2, 0.25) is 0 Å². The number of imide groups is 1. The molecule has 2 fully saturated rings. The number of aliphatic hydroxyl groups excluding tert-OH is 1. The molecule has 0 spiro atoms. The van der Waals surface area contributed by atoms with Gasteiger partial charge in [-0.15, -0.1) is 0 Å². The van der Waals surface area contributed by atoms with Gasteiger partial charge in [0.1, 0.15) is 0 Å². The van der Waals surface area contributed by atoms with Gasteiger partial charge in [0.15, 0.2) is 0 Å². The number of likely N-dealkylation sites (tertiary alicyclic amines) is 1. The van der Waals surface area contributed by atoms with Gasteiger partial charge in [0.25, 0.3) is 0 Å². The van der Waals surface area contributed by atoms with Crippen LogP contribution in [-0.2, 0) is 14.3 Å². The van der Waals surface area contributed by atoms with Gasteiger partial charge < -0.3 is 9.84 Å². The summed E-state index contributed by atoms with van der Waals surface area (Å²) in [5, 5.41) is 10.4. The molecule has 0 aromatic heterocycles. The maximum Gasteiger partial charge on any atom is 0.235 e. The molecule has 2 aliphatic heterocycles. The molecule has 23 heavy (non-hydrogen) atoms. The van der Waals surface area contributed by atoms with Crippen molar-refractivity contribution in [2.24, 2.45) is 11.3 Å². The summed E-state index contributed by atoms with van der Waals surface area (Å²) >= 11 is 0. The number of nitrogens with zero attached hydrogens (tertiary/aromatic N) is 2. The van der Waals surface area contributed by atoms with Crippen molar-refractivity contribution in [2.75, 3.05) is 26.2 Å². The van der Waals surface area contributed by atoms with Gasteiger partial charge in [-0.3, -0.25) is 19.4 Å². The molecule has 0 radical (unpaired) electrons. The number of β-amino-alcohol motifs (C(OH)–C–C–N with tert-alkyl or cyclic N) is 1. The molecule has 2 rings (SSSR count). The average Bonchev–Trinajstić information content (AvgIpc) is 2.62. The second-order valence-electron chi connectivity index (χ2n) is 7.69. The van der Waals surface area contributed by atoms with Crippen LogP contribution in [0.25, 0.3) is 0 Å². The zero-order valence-corrected chi connectivity index (χ0v) is 14.9. The maximum absolute atomic E-state index is 12.6. The number of hydrogen-bond donors (Lipinski definition) is 1. The summed E-state index contributed by atoms with van der Waals surface area (Å²) < 4.78 is 5.68. The van der Waals surface area contributed by atoms with Gasteiger partial charge in [-0.05, 0) is 26.7 Å². The van der Waals surface area contributed by atoms with Crippen molar-refractivity contribution in [3.63, 3.8) is 0 Å². The van der Waals surface area contributed by atoms with E-state index in [1.807, 2.05) is 34.6 Å². The summed E-state index contributed by atoms with van der Waals surface area (Å²) in [5.41, 5.74) is -0.640. The van der Waals surface area contributed by atoms with Crippen molar-refractivity contribution >= 4 is 11.8 Å². The van der Waals surface area contributed by atoms with Crippen LogP contribution in [0.3, 0.4) is 0 Å². The summed E-state index contributed by atoms with van der Waals surface area (Å²) in [4.78, 5) is 28.2. The number of morpholine rings is 1. The van der Waals surface area contributed by atoms with Crippen molar-refractivity contribution in [1.82, 2.24) is 9.80 Å². The molecule has 132 valence electrons. The Labute approximate surface area is 138 Å². The summed E-state index contributed by atoms with van der Waals surface area (Å²) in [6.45, 7) is 11.8. The second kappa shape index (κ2) is 6.87. The number of ether oxygens (including phenoxy) is 1. The Hall–Kier alpha value is -0.980. The summed E-state index contributed by atoms with van der Waals surface area (Å²) in [7, 11) is 0. The highest BCUT2D eigenvalue weighted by molar-refractivity contribution is 6.05. The quantitative estimate of drug-likeness (QED) is 0.760. The third-order valence-electron chi connectivity index (χ3n) is 5.19. The molecule has 0 aliphatic carbocycles. The lowest BCUT2D eigenvalue weighted by Gasteiger charge is -2.36. The summed E-state index contributed by atoms with van der Waals surface area (Å²) in [5.74, 6) is -0.226. The Morgan fingerprint density at radius 3 is 2.26 bits per heavy atom. The van der Waals surface area contributed by atoms with Gasteiger partial charge >= 0.3 is 0 Å². The zero-order chi connectivity index (χ0) is 17.4. The van der Waals surface area contributed by atoms with E-state index in [1.54, 1.807) is 0 Å². The van der Waals surface area contributed by atoms with Crippen LogP contribution in [-0.4, -0.2) is 71.2 Å². The van der Waals surface area contributed by atoms with Gasteiger partial charge in [-0.2, -0.15) is 0 Å². The summed E-state index contributed by atoms with van der Waals surface area (Å²) in [6.07, 6.45) is -0.229. The first-order chi connectivity index (χ1) is 10.6. The van der Waals surface area contributed by atoms with Crippen molar-refractivity contribution in [2.45, 2.75) is 59.4 Å². The smallest absolute Gasteiger partial charge is 0.235 e. The predicted molar refractivity (Wildman–Crippen MR) is 86.7 cm³/mol. The molecule has 2 aliphatic rings. The molecule has 1 N–H and O–H groups in total. The largest absolute Gasteiger partial charge is 0.390 e. The standard InChI is InChI=1S/C17H30N2O4/c1-11(2)17(5)6-15(21)19(16(17)22)10-14(20)9-18-7-12(3)23-13(4)8-18/h11-14,20H,6-10H2,1-5H3/t12-,13+,14-,17+/m0/s1. The number of aliphatic hydroxyl groups is 1. The highest BCUT2D eigenvalue weighted by Crippen LogP contribution is 2.39. The molecular formula is C17H30N2O4.